The lowest BCUT2D eigenvalue weighted by molar-refractivity contribution is -0.116. The molecular formula is C19H19FN4O3S2. The van der Waals surface area contributed by atoms with Crippen LogP contribution in [0.25, 0.3) is 0 Å². The molecule has 0 unspecified atom stereocenters. The highest BCUT2D eigenvalue weighted by molar-refractivity contribution is 7.99. The summed E-state index contributed by atoms with van der Waals surface area (Å²) in [6.45, 7) is 1.64. The zero-order chi connectivity index (χ0) is 21.2. The second-order valence-electron chi connectivity index (χ2n) is 6.26. The van der Waals surface area contributed by atoms with E-state index in [1.807, 2.05) is 25.1 Å². The van der Waals surface area contributed by atoms with E-state index in [0.29, 0.717) is 5.69 Å². The van der Waals surface area contributed by atoms with Gasteiger partial charge in [0.1, 0.15) is 28.1 Å². The number of thioether (sulfide) groups is 1. The largest absolute Gasteiger partial charge is 0.383 e. The molecule has 3 N–H and O–H groups in total. The predicted molar refractivity (Wildman–Crippen MR) is 110 cm³/mol. The lowest BCUT2D eigenvalue weighted by Crippen LogP contribution is -2.21. The molecule has 10 heteroatoms. The number of carbonyl (C=O) groups excluding carboxylic acids is 1. The van der Waals surface area contributed by atoms with Gasteiger partial charge in [-0.3, -0.25) is 4.79 Å². The van der Waals surface area contributed by atoms with E-state index in [1.54, 1.807) is 12.3 Å². The molecule has 3 rings (SSSR count). The van der Waals surface area contributed by atoms with E-state index in [1.165, 1.54) is 0 Å². The maximum absolute atomic E-state index is 13.2. The summed E-state index contributed by atoms with van der Waals surface area (Å²) < 4.78 is 40.3. The number of aryl methyl sites for hydroxylation is 1. The van der Waals surface area contributed by atoms with E-state index in [0.717, 1.165) is 46.3 Å². The summed E-state index contributed by atoms with van der Waals surface area (Å²) in [7, 11) is -4.04. The molecule has 7 nitrogen and oxygen atoms in total. The Bertz CT molecular complexity index is 1160. The zero-order valence-corrected chi connectivity index (χ0v) is 17.3. The normalized spacial score (nSPS) is 11.4. The monoisotopic (exact) mass is 434 g/mol. The Hall–Kier alpha value is -2.85. The fourth-order valence-electron chi connectivity index (χ4n) is 2.73. The number of carbonyl (C=O) groups is 1. The standard InChI is InChI=1S/C19H19FN4O3S2/c1-12-4-3-5-14(10-12)22-16(25)11-24-18(21)17(19(23-24)28-2)29(26,27)15-8-6-13(20)7-9-15/h3-10H,11,21H2,1-2H3,(H,22,25). The van der Waals surface area contributed by atoms with E-state index < -0.39 is 21.6 Å². The molecule has 0 aliphatic heterocycles. The molecule has 1 heterocycles. The number of hydrogen-bond acceptors (Lipinski definition) is 6. The van der Waals surface area contributed by atoms with Gasteiger partial charge in [-0.05, 0) is 55.1 Å². The fraction of sp³-hybridized carbons (Fsp3) is 0.158. The van der Waals surface area contributed by atoms with Crippen LogP contribution in [-0.2, 0) is 21.2 Å². The van der Waals surface area contributed by atoms with Crippen molar-refractivity contribution in [1.82, 2.24) is 9.78 Å². The van der Waals surface area contributed by atoms with Crippen LogP contribution in [0.5, 0.6) is 0 Å². The van der Waals surface area contributed by atoms with E-state index in [4.69, 9.17) is 5.73 Å². The second-order valence-corrected chi connectivity index (χ2v) is 8.94. The quantitative estimate of drug-likeness (QED) is 0.456. The smallest absolute Gasteiger partial charge is 0.246 e. The summed E-state index contributed by atoms with van der Waals surface area (Å²) in [6, 6.07) is 11.7. The van der Waals surface area contributed by atoms with Crippen LogP contribution in [0, 0.1) is 12.7 Å². The first-order valence-corrected chi connectivity index (χ1v) is 11.2. The number of hydrogen-bond donors (Lipinski definition) is 2. The molecule has 0 atom stereocenters. The fourth-order valence-corrected chi connectivity index (χ4v) is 5.16. The minimum atomic E-state index is -4.04. The number of anilines is 2. The third-order valence-corrected chi connectivity index (χ3v) is 6.73. The maximum atomic E-state index is 13.2. The van der Waals surface area contributed by atoms with Crippen LogP contribution < -0.4 is 11.1 Å². The van der Waals surface area contributed by atoms with Crippen molar-refractivity contribution < 1.29 is 17.6 Å². The van der Waals surface area contributed by atoms with Crippen LogP contribution in [0.15, 0.2) is 63.3 Å². The van der Waals surface area contributed by atoms with Gasteiger partial charge in [-0.15, -0.1) is 11.8 Å². The minimum Gasteiger partial charge on any atom is -0.383 e. The average Bonchev–Trinajstić information content (AvgIpc) is 2.98. The van der Waals surface area contributed by atoms with Crippen molar-refractivity contribution >= 4 is 39.0 Å². The van der Waals surface area contributed by atoms with Gasteiger partial charge in [0.15, 0.2) is 0 Å². The number of aromatic nitrogens is 2. The Morgan fingerprint density at radius 2 is 1.93 bits per heavy atom. The first-order chi connectivity index (χ1) is 13.7. The Balaban J connectivity index is 1.91. The second kappa shape index (κ2) is 8.26. The van der Waals surface area contributed by atoms with E-state index in [2.05, 4.69) is 10.4 Å². The van der Waals surface area contributed by atoms with Gasteiger partial charge in [0.05, 0.1) is 4.90 Å². The van der Waals surface area contributed by atoms with Crippen molar-refractivity contribution in [1.29, 1.82) is 0 Å². The molecular weight excluding hydrogens is 415 g/mol. The highest BCUT2D eigenvalue weighted by atomic mass is 32.2. The van der Waals surface area contributed by atoms with Crippen LogP contribution >= 0.6 is 11.8 Å². The molecule has 1 aromatic heterocycles. The van der Waals surface area contributed by atoms with Gasteiger partial charge < -0.3 is 11.1 Å². The summed E-state index contributed by atoms with van der Waals surface area (Å²) in [4.78, 5) is 12.1. The highest BCUT2D eigenvalue weighted by Crippen LogP contribution is 2.34. The minimum absolute atomic E-state index is 0.107. The number of rotatable bonds is 6. The Kier molecular flexibility index (Phi) is 5.94. The lowest BCUT2D eigenvalue weighted by Gasteiger charge is -2.08. The van der Waals surface area contributed by atoms with Crippen molar-refractivity contribution in [2.75, 3.05) is 17.3 Å². The third-order valence-electron chi connectivity index (χ3n) is 4.10. The Morgan fingerprint density at radius 3 is 2.55 bits per heavy atom. The lowest BCUT2D eigenvalue weighted by atomic mass is 10.2. The van der Waals surface area contributed by atoms with E-state index in [-0.39, 0.29) is 27.2 Å². The average molecular weight is 435 g/mol. The van der Waals surface area contributed by atoms with E-state index in [9.17, 15) is 17.6 Å². The molecule has 0 saturated carbocycles. The molecule has 3 aromatic rings. The summed E-state index contributed by atoms with van der Waals surface area (Å²) in [6.07, 6.45) is 1.66. The molecule has 0 aliphatic rings. The number of nitrogens with one attached hydrogen (secondary N) is 1. The molecule has 2 aromatic carbocycles. The summed E-state index contributed by atoms with van der Waals surface area (Å²) >= 11 is 1.09. The van der Waals surface area contributed by atoms with Crippen molar-refractivity contribution in [2.24, 2.45) is 0 Å². The van der Waals surface area contributed by atoms with Crippen molar-refractivity contribution in [2.45, 2.75) is 28.3 Å². The molecule has 0 spiro atoms. The van der Waals surface area contributed by atoms with Crippen LogP contribution in [0.4, 0.5) is 15.9 Å². The number of nitrogen functional groups attached to an aromatic ring is 1. The third kappa shape index (κ3) is 4.43. The van der Waals surface area contributed by atoms with Crippen molar-refractivity contribution in [3.63, 3.8) is 0 Å². The summed E-state index contributed by atoms with van der Waals surface area (Å²) in [5.41, 5.74) is 7.65. The van der Waals surface area contributed by atoms with Crippen LogP contribution in [0.3, 0.4) is 0 Å². The molecule has 1 amide bonds. The van der Waals surface area contributed by atoms with Crippen LogP contribution in [0.2, 0.25) is 0 Å². The van der Waals surface area contributed by atoms with Crippen molar-refractivity contribution in [3.05, 3.63) is 59.9 Å². The summed E-state index contributed by atoms with van der Waals surface area (Å²) in [5.74, 6) is -1.10. The van der Waals surface area contributed by atoms with Gasteiger partial charge in [-0.1, -0.05) is 12.1 Å². The number of nitrogens with zero attached hydrogens (tertiary/aromatic N) is 2. The van der Waals surface area contributed by atoms with Gasteiger partial charge in [0.25, 0.3) is 0 Å². The summed E-state index contributed by atoms with van der Waals surface area (Å²) in [5, 5.41) is 7.07. The topological polar surface area (TPSA) is 107 Å². The number of amides is 1. The number of sulfone groups is 1. The van der Waals surface area contributed by atoms with Crippen LogP contribution in [-0.4, -0.2) is 30.4 Å². The zero-order valence-electron chi connectivity index (χ0n) is 15.7. The number of benzene rings is 2. The first kappa shape index (κ1) is 20.9. The van der Waals surface area contributed by atoms with Crippen molar-refractivity contribution in [3.8, 4) is 0 Å². The highest BCUT2D eigenvalue weighted by Gasteiger charge is 2.29. The van der Waals surface area contributed by atoms with Gasteiger partial charge in [0.2, 0.25) is 15.7 Å². The number of halogens is 1. The molecule has 0 aliphatic carbocycles. The molecule has 0 bridgehead atoms. The molecule has 0 saturated heterocycles. The number of nitrogens with two attached hydrogens (primary N) is 1. The van der Waals surface area contributed by atoms with Gasteiger partial charge in [0, 0.05) is 5.69 Å². The SMILES string of the molecule is CSc1nn(CC(=O)Nc2cccc(C)c2)c(N)c1S(=O)(=O)c1ccc(F)cc1. The van der Waals surface area contributed by atoms with E-state index >= 15 is 0 Å². The molecule has 29 heavy (non-hydrogen) atoms. The van der Waals surface area contributed by atoms with Gasteiger partial charge >= 0.3 is 0 Å². The molecule has 0 fully saturated rings. The Morgan fingerprint density at radius 1 is 1.24 bits per heavy atom. The van der Waals surface area contributed by atoms with Gasteiger partial charge in [-0.2, -0.15) is 5.10 Å². The molecule has 152 valence electrons. The predicted octanol–water partition coefficient (Wildman–Crippen LogP) is 3.11. The van der Waals surface area contributed by atoms with Crippen LogP contribution in [0.1, 0.15) is 5.56 Å². The maximum Gasteiger partial charge on any atom is 0.246 e. The molecule has 0 radical (unpaired) electrons. The first-order valence-electron chi connectivity index (χ1n) is 8.50. The van der Waals surface area contributed by atoms with Gasteiger partial charge in [-0.25, -0.2) is 17.5 Å². The Labute approximate surface area is 172 Å².